The van der Waals surface area contributed by atoms with Crippen LogP contribution in [-0.2, 0) is 16.4 Å². The minimum atomic E-state index is -3.46. The van der Waals surface area contributed by atoms with E-state index in [0.717, 1.165) is 22.0 Å². The predicted octanol–water partition coefficient (Wildman–Crippen LogP) is 3.06. The number of nitrogens with zero attached hydrogens (tertiary/aromatic N) is 1. The van der Waals surface area contributed by atoms with Crippen molar-refractivity contribution in [2.45, 2.75) is 18.2 Å². The Morgan fingerprint density at radius 2 is 1.78 bits per heavy atom. The van der Waals surface area contributed by atoms with Crippen molar-refractivity contribution >= 4 is 20.9 Å². The SMILES string of the molecule is Cc1ccc(S(=O)(=O)NCCc2cnc3ccccc3c2)cc1. The first-order chi connectivity index (χ1) is 11.0. The van der Waals surface area contributed by atoms with Gasteiger partial charge in [-0.15, -0.1) is 0 Å². The van der Waals surface area contributed by atoms with Gasteiger partial charge in [-0.3, -0.25) is 4.98 Å². The average Bonchev–Trinajstić information content (AvgIpc) is 2.55. The lowest BCUT2D eigenvalue weighted by atomic mass is 10.1. The van der Waals surface area contributed by atoms with Crippen LogP contribution in [0.3, 0.4) is 0 Å². The monoisotopic (exact) mass is 326 g/mol. The quantitative estimate of drug-likeness (QED) is 0.784. The van der Waals surface area contributed by atoms with E-state index in [9.17, 15) is 8.42 Å². The Labute approximate surface area is 136 Å². The van der Waals surface area contributed by atoms with E-state index in [1.165, 1.54) is 0 Å². The number of aromatic nitrogens is 1. The lowest BCUT2D eigenvalue weighted by molar-refractivity contribution is 0.581. The average molecular weight is 326 g/mol. The maximum absolute atomic E-state index is 12.2. The lowest BCUT2D eigenvalue weighted by Crippen LogP contribution is -2.26. The standard InChI is InChI=1S/C18H18N2O2S/c1-14-6-8-17(9-7-14)23(21,22)20-11-10-15-12-16-4-2-3-5-18(16)19-13-15/h2-9,12-13,20H,10-11H2,1H3. The van der Waals surface area contributed by atoms with Crippen LogP contribution < -0.4 is 4.72 Å². The first kappa shape index (κ1) is 15.6. The van der Waals surface area contributed by atoms with Gasteiger partial charge in [-0.2, -0.15) is 0 Å². The number of nitrogens with one attached hydrogen (secondary N) is 1. The van der Waals surface area contributed by atoms with E-state index < -0.39 is 10.0 Å². The summed E-state index contributed by atoms with van der Waals surface area (Å²) in [5.41, 5.74) is 2.98. The number of sulfonamides is 1. The number of para-hydroxylation sites is 1. The molecule has 3 aromatic rings. The van der Waals surface area contributed by atoms with E-state index in [0.29, 0.717) is 17.9 Å². The highest BCUT2D eigenvalue weighted by atomic mass is 32.2. The summed E-state index contributed by atoms with van der Waals surface area (Å²) >= 11 is 0. The normalized spacial score (nSPS) is 11.7. The number of hydrogen-bond acceptors (Lipinski definition) is 3. The molecule has 2 aromatic carbocycles. The molecule has 1 heterocycles. The van der Waals surface area contributed by atoms with E-state index in [2.05, 4.69) is 9.71 Å². The van der Waals surface area contributed by atoms with Crippen molar-refractivity contribution in [3.63, 3.8) is 0 Å². The molecule has 1 aromatic heterocycles. The van der Waals surface area contributed by atoms with Gasteiger partial charge in [0.15, 0.2) is 0 Å². The first-order valence-electron chi connectivity index (χ1n) is 7.45. The Balaban J connectivity index is 1.66. The smallest absolute Gasteiger partial charge is 0.240 e. The molecule has 0 aliphatic rings. The fraction of sp³-hybridized carbons (Fsp3) is 0.167. The zero-order valence-electron chi connectivity index (χ0n) is 12.9. The van der Waals surface area contributed by atoms with Crippen molar-refractivity contribution in [2.24, 2.45) is 0 Å². The highest BCUT2D eigenvalue weighted by molar-refractivity contribution is 7.89. The molecule has 23 heavy (non-hydrogen) atoms. The van der Waals surface area contributed by atoms with Crippen LogP contribution >= 0.6 is 0 Å². The summed E-state index contributed by atoms with van der Waals surface area (Å²) in [6.07, 6.45) is 2.39. The Morgan fingerprint density at radius 3 is 2.57 bits per heavy atom. The molecule has 0 unspecified atom stereocenters. The van der Waals surface area contributed by atoms with Crippen LogP contribution in [-0.4, -0.2) is 19.9 Å². The zero-order chi connectivity index (χ0) is 16.3. The van der Waals surface area contributed by atoms with Crippen LogP contribution in [0.4, 0.5) is 0 Å². The number of fused-ring (bicyclic) bond motifs is 1. The van der Waals surface area contributed by atoms with Gasteiger partial charge in [-0.05, 0) is 43.2 Å². The number of hydrogen-bond donors (Lipinski definition) is 1. The van der Waals surface area contributed by atoms with Crippen molar-refractivity contribution in [3.05, 3.63) is 71.9 Å². The van der Waals surface area contributed by atoms with E-state index in [1.54, 1.807) is 30.5 Å². The molecule has 0 atom stereocenters. The molecule has 0 bridgehead atoms. The second kappa shape index (κ2) is 6.48. The summed E-state index contributed by atoms with van der Waals surface area (Å²) < 4.78 is 27.1. The summed E-state index contributed by atoms with van der Waals surface area (Å²) in [5, 5.41) is 1.06. The summed E-state index contributed by atoms with van der Waals surface area (Å²) in [7, 11) is -3.46. The molecule has 118 valence electrons. The summed E-state index contributed by atoms with van der Waals surface area (Å²) in [6.45, 7) is 2.27. The molecule has 0 radical (unpaired) electrons. The fourth-order valence-corrected chi connectivity index (χ4v) is 3.42. The van der Waals surface area contributed by atoms with Crippen molar-refractivity contribution in [3.8, 4) is 0 Å². The molecule has 0 saturated heterocycles. The van der Waals surface area contributed by atoms with Gasteiger partial charge in [0.2, 0.25) is 10.0 Å². The van der Waals surface area contributed by atoms with Crippen molar-refractivity contribution in [1.29, 1.82) is 0 Å². The van der Waals surface area contributed by atoms with Gasteiger partial charge in [0.05, 0.1) is 10.4 Å². The molecule has 0 amide bonds. The maximum Gasteiger partial charge on any atom is 0.240 e. The van der Waals surface area contributed by atoms with Gasteiger partial charge in [0.1, 0.15) is 0 Å². The third kappa shape index (κ3) is 3.75. The van der Waals surface area contributed by atoms with Gasteiger partial charge in [0, 0.05) is 18.1 Å². The molecule has 1 N–H and O–H groups in total. The van der Waals surface area contributed by atoms with Gasteiger partial charge < -0.3 is 0 Å². The predicted molar refractivity (Wildman–Crippen MR) is 91.8 cm³/mol. The van der Waals surface area contributed by atoms with Crippen LogP contribution in [0.5, 0.6) is 0 Å². The molecule has 0 aliphatic heterocycles. The van der Waals surface area contributed by atoms with Gasteiger partial charge >= 0.3 is 0 Å². The molecule has 0 fully saturated rings. The largest absolute Gasteiger partial charge is 0.256 e. The molecule has 0 spiro atoms. The number of benzene rings is 2. The highest BCUT2D eigenvalue weighted by Gasteiger charge is 2.12. The topological polar surface area (TPSA) is 59.1 Å². The van der Waals surface area contributed by atoms with E-state index in [1.807, 2.05) is 37.3 Å². The maximum atomic E-state index is 12.2. The molecular weight excluding hydrogens is 308 g/mol. The Morgan fingerprint density at radius 1 is 1.04 bits per heavy atom. The van der Waals surface area contributed by atoms with Crippen LogP contribution in [0.1, 0.15) is 11.1 Å². The van der Waals surface area contributed by atoms with Crippen molar-refractivity contribution < 1.29 is 8.42 Å². The minimum absolute atomic E-state index is 0.291. The molecule has 3 rings (SSSR count). The van der Waals surface area contributed by atoms with Gasteiger partial charge in [-0.1, -0.05) is 35.9 Å². The molecule has 0 saturated carbocycles. The van der Waals surface area contributed by atoms with E-state index in [4.69, 9.17) is 0 Å². The molecule has 5 heteroatoms. The molecule has 0 aliphatic carbocycles. The van der Waals surface area contributed by atoms with E-state index >= 15 is 0 Å². The third-order valence-corrected chi connectivity index (χ3v) is 5.16. The lowest BCUT2D eigenvalue weighted by Gasteiger charge is -2.07. The molecular formula is C18H18N2O2S. The molecule has 4 nitrogen and oxygen atoms in total. The van der Waals surface area contributed by atoms with Crippen LogP contribution in [0, 0.1) is 6.92 Å². The third-order valence-electron chi connectivity index (χ3n) is 3.68. The second-order valence-corrected chi connectivity index (χ2v) is 7.26. The zero-order valence-corrected chi connectivity index (χ0v) is 13.7. The fourth-order valence-electron chi connectivity index (χ4n) is 2.38. The summed E-state index contributed by atoms with van der Waals surface area (Å²) in [4.78, 5) is 4.68. The Bertz CT molecular complexity index is 919. The number of rotatable bonds is 5. The van der Waals surface area contributed by atoms with Crippen LogP contribution in [0.2, 0.25) is 0 Å². The number of pyridine rings is 1. The second-order valence-electron chi connectivity index (χ2n) is 5.50. The Kier molecular flexibility index (Phi) is 4.41. The van der Waals surface area contributed by atoms with E-state index in [-0.39, 0.29) is 0 Å². The highest BCUT2D eigenvalue weighted by Crippen LogP contribution is 2.13. The van der Waals surface area contributed by atoms with Crippen LogP contribution in [0.15, 0.2) is 65.7 Å². The minimum Gasteiger partial charge on any atom is -0.256 e. The first-order valence-corrected chi connectivity index (χ1v) is 8.93. The summed E-state index contributed by atoms with van der Waals surface area (Å²) in [6, 6.07) is 16.7. The van der Waals surface area contributed by atoms with Crippen molar-refractivity contribution in [2.75, 3.05) is 6.54 Å². The van der Waals surface area contributed by atoms with Crippen molar-refractivity contribution in [1.82, 2.24) is 9.71 Å². The number of aryl methyl sites for hydroxylation is 1. The summed E-state index contributed by atoms with van der Waals surface area (Å²) in [5.74, 6) is 0. The van der Waals surface area contributed by atoms with Gasteiger partial charge in [-0.25, -0.2) is 13.1 Å². The van der Waals surface area contributed by atoms with Gasteiger partial charge in [0.25, 0.3) is 0 Å². The Hall–Kier alpha value is -2.24. The van der Waals surface area contributed by atoms with Crippen LogP contribution in [0.25, 0.3) is 10.9 Å².